The lowest BCUT2D eigenvalue weighted by atomic mass is 9.82. The van der Waals surface area contributed by atoms with Gasteiger partial charge in [0.25, 0.3) is 0 Å². The Hall–Kier alpha value is -1.06. The molecule has 108 valence electrons. The third-order valence-electron chi connectivity index (χ3n) is 4.43. The Labute approximate surface area is 114 Å². The largest absolute Gasteiger partial charge is 0.469 e. The van der Waals surface area contributed by atoms with Gasteiger partial charge < -0.3 is 9.47 Å². The molecule has 2 fully saturated rings. The van der Waals surface area contributed by atoms with Crippen molar-refractivity contribution in [3.63, 3.8) is 0 Å². The van der Waals surface area contributed by atoms with Gasteiger partial charge in [-0.25, -0.2) is 0 Å². The van der Waals surface area contributed by atoms with Crippen LogP contribution in [0.1, 0.15) is 57.8 Å². The molecule has 2 aliphatic rings. The van der Waals surface area contributed by atoms with Gasteiger partial charge in [0.15, 0.2) is 0 Å². The summed E-state index contributed by atoms with van der Waals surface area (Å²) in [6, 6.07) is 0. The van der Waals surface area contributed by atoms with Crippen molar-refractivity contribution in [2.45, 2.75) is 63.9 Å². The number of esters is 2. The first-order valence-electron chi connectivity index (χ1n) is 7.49. The van der Waals surface area contributed by atoms with Crippen LogP contribution in [0.15, 0.2) is 0 Å². The van der Waals surface area contributed by atoms with Crippen LogP contribution in [0.3, 0.4) is 0 Å². The second kappa shape index (κ2) is 6.92. The summed E-state index contributed by atoms with van der Waals surface area (Å²) in [4.78, 5) is 23.5. The lowest BCUT2D eigenvalue weighted by Gasteiger charge is -2.28. The van der Waals surface area contributed by atoms with Gasteiger partial charge in [-0.2, -0.15) is 0 Å². The molecular weight excluding hydrogens is 244 g/mol. The van der Waals surface area contributed by atoms with Crippen LogP contribution in [-0.4, -0.2) is 25.2 Å². The topological polar surface area (TPSA) is 52.6 Å². The standard InChI is InChI=1S/C15H24O4/c1-18-14(16)11-7-9-12(10-8-11)15(17)19-13-5-3-2-4-6-13/h11-13H,2-10H2,1H3. The van der Waals surface area contributed by atoms with E-state index in [-0.39, 0.29) is 29.9 Å². The normalized spacial score (nSPS) is 28.7. The number of carbonyl (C=O) groups excluding carboxylic acids is 2. The van der Waals surface area contributed by atoms with Gasteiger partial charge in [-0.05, 0) is 51.4 Å². The lowest BCUT2D eigenvalue weighted by Crippen LogP contribution is -2.30. The minimum Gasteiger partial charge on any atom is -0.469 e. The first-order chi connectivity index (χ1) is 9.20. The molecule has 2 aliphatic carbocycles. The van der Waals surface area contributed by atoms with Crippen LogP contribution < -0.4 is 0 Å². The molecule has 0 heterocycles. The summed E-state index contributed by atoms with van der Waals surface area (Å²) in [5, 5.41) is 0. The fourth-order valence-corrected chi connectivity index (χ4v) is 3.17. The predicted octanol–water partition coefficient (Wildman–Crippen LogP) is 2.84. The molecule has 0 spiro atoms. The molecule has 0 aromatic carbocycles. The summed E-state index contributed by atoms with van der Waals surface area (Å²) in [5.74, 6) is -0.221. The summed E-state index contributed by atoms with van der Waals surface area (Å²) >= 11 is 0. The van der Waals surface area contributed by atoms with E-state index in [1.165, 1.54) is 26.4 Å². The minimum atomic E-state index is -0.140. The summed E-state index contributed by atoms with van der Waals surface area (Å²) in [5.41, 5.74) is 0. The zero-order valence-corrected chi connectivity index (χ0v) is 11.7. The van der Waals surface area contributed by atoms with Gasteiger partial charge >= 0.3 is 11.9 Å². The fourth-order valence-electron chi connectivity index (χ4n) is 3.17. The average Bonchev–Trinajstić information content (AvgIpc) is 2.47. The van der Waals surface area contributed by atoms with E-state index in [1.807, 2.05) is 0 Å². The van der Waals surface area contributed by atoms with Crippen molar-refractivity contribution in [1.82, 2.24) is 0 Å². The number of methoxy groups -OCH3 is 1. The molecule has 0 bridgehead atoms. The van der Waals surface area contributed by atoms with E-state index in [1.54, 1.807) is 0 Å². The van der Waals surface area contributed by atoms with Crippen molar-refractivity contribution in [2.75, 3.05) is 7.11 Å². The molecule has 0 N–H and O–H groups in total. The van der Waals surface area contributed by atoms with Crippen LogP contribution in [0.5, 0.6) is 0 Å². The summed E-state index contributed by atoms with van der Waals surface area (Å²) in [7, 11) is 1.42. The molecule has 0 aromatic rings. The van der Waals surface area contributed by atoms with Crippen molar-refractivity contribution < 1.29 is 19.1 Å². The number of carbonyl (C=O) groups is 2. The Bertz CT molecular complexity index is 312. The van der Waals surface area contributed by atoms with E-state index >= 15 is 0 Å². The van der Waals surface area contributed by atoms with Crippen molar-refractivity contribution >= 4 is 11.9 Å². The monoisotopic (exact) mass is 268 g/mol. The summed E-state index contributed by atoms with van der Waals surface area (Å²) in [6.45, 7) is 0. The highest BCUT2D eigenvalue weighted by Gasteiger charge is 2.32. The van der Waals surface area contributed by atoms with E-state index in [0.29, 0.717) is 0 Å². The minimum absolute atomic E-state index is 0.0113. The van der Waals surface area contributed by atoms with E-state index in [0.717, 1.165) is 38.5 Å². The second-order valence-electron chi connectivity index (χ2n) is 5.77. The van der Waals surface area contributed by atoms with E-state index in [2.05, 4.69) is 0 Å². The summed E-state index contributed by atoms with van der Waals surface area (Å²) in [6.07, 6.45) is 8.79. The highest BCUT2D eigenvalue weighted by Crippen LogP contribution is 2.31. The van der Waals surface area contributed by atoms with Gasteiger partial charge in [0, 0.05) is 0 Å². The molecule has 0 radical (unpaired) electrons. The predicted molar refractivity (Wildman–Crippen MR) is 70.4 cm³/mol. The number of ether oxygens (including phenoxy) is 2. The highest BCUT2D eigenvalue weighted by molar-refractivity contribution is 5.75. The van der Waals surface area contributed by atoms with Gasteiger partial charge in [-0.15, -0.1) is 0 Å². The van der Waals surface area contributed by atoms with Gasteiger partial charge in [-0.1, -0.05) is 6.42 Å². The SMILES string of the molecule is COC(=O)C1CCC(C(=O)OC2CCCCC2)CC1. The average molecular weight is 268 g/mol. The molecule has 4 nitrogen and oxygen atoms in total. The first kappa shape index (κ1) is 14.4. The Balaban J connectivity index is 1.74. The molecule has 0 saturated heterocycles. The number of rotatable bonds is 3. The smallest absolute Gasteiger partial charge is 0.309 e. The van der Waals surface area contributed by atoms with Crippen LogP contribution in [0.25, 0.3) is 0 Å². The van der Waals surface area contributed by atoms with E-state index in [9.17, 15) is 9.59 Å². The molecular formula is C15H24O4. The molecule has 4 heteroatoms. The van der Waals surface area contributed by atoms with Crippen LogP contribution in [0.4, 0.5) is 0 Å². The first-order valence-corrected chi connectivity index (χ1v) is 7.49. The lowest BCUT2D eigenvalue weighted by molar-refractivity contribution is -0.159. The van der Waals surface area contributed by atoms with Crippen molar-refractivity contribution in [3.05, 3.63) is 0 Å². The Morgan fingerprint density at radius 1 is 0.789 bits per heavy atom. The molecule has 0 amide bonds. The Morgan fingerprint density at radius 2 is 1.32 bits per heavy atom. The van der Waals surface area contributed by atoms with Gasteiger partial charge in [0.2, 0.25) is 0 Å². The third kappa shape index (κ3) is 3.95. The maximum absolute atomic E-state index is 12.1. The van der Waals surface area contributed by atoms with E-state index in [4.69, 9.17) is 9.47 Å². The molecule has 2 saturated carbocycles. The van der Waals surface area contributed by atoms with Crippen LogP contribution >= 0.6 is 0 Å². The summed E-state index contributed by atoms with van der Waals surface area (Å²) < 4.78 is 10.3. The van der Waals surface area contributed by atoms with Gasteiger partial charge in [-0.3, -0.25) is 9.59 Å². The zero-order chi connectivity index (χ0) is 13.7. The van der Waals surface area contributed by atoms with Crippen LogP contribution in [-0.2, 0) is 19.1 Å². The Morgan fingerprint density at radius 3 is 1.84 bits per heavy atom. The van der Waals surface area contributed by atoms with E-state index < -0.39 is 0 Å². The van der Waals surface area contributed by atoms with Gasteiger partial charge in [0.1, 0.15) is 6.10 Å². The molecule has 0 atom stereocenters. The van der Waals surface area contributed by atoms with Crippen LogP contribution in [0, 0.1) is 11.8 Å². The maximum Gasteiger partial charge on any atom is 0.309 e. The quantitative estimate of drug-likeness (QED) is 0.739. The molecule has 0 unspecified atom stereocenters. The number of hydrogen-bond acceptors (Lipinski definition) is 4. The maximum atomic E-state index is 12.1. The Kier molecular flexibility index (Phi) is 5.23. The molecule has 0 aromatic heterocycles. The van der Waals surface area contributed by atoms with Crippen molar-refractivity contribution in [2.24, 2.45) is 11.8 Å². The van der Waals surface area contributed by atoms with Crippen molar-refractivity contribution in [1.29, 1.82) is 0 Å². The van der Waals surface area contributed by atoms with Gasteiger partial charge in [0.05, 0.1) is 18.9 Å². The third-order valence-corrected chi connectivity index (χ3v) is 4.43. The molecule has 2 rings (SSSR count). The molecule has 19 heavy (non-hydrogen) atoms. The second-order valence-corrected chi connectivity index (χ2v) is 5.77. The fraction of sp³-hybridized carbons (Fsp3) is 0.867. The van der Waals surface area contributed by atoms with Crippen molar-refractivity contribution in [3.8, 4) is 0 Å². The molecule has 0 aliphatic heterocycles. The number of hydrogen-bond donors (Lipinski definition) is 0. The van der Waals surface area contributed by atoms with Crippen LogP contribution in [0.2, 0.25) is 0 Å². The zero-order valence-electron chi connectivity index (χ0n) is 11.7. The highest BCUT2D eigenvalue weighted by atomic mass is 16.5.